The van der Waals surface area contributed by atoms with Crippen LogP contribution < -0.4 is 0 Å². The van der Waals surface area contributed by atoms with Crippen LogP contribution >= 0.6 is 0 Å². The van der Waals surface area contributed by atoms with Gasteiger partial charge in [0.15, 0.2) is 0 Å². The maximum atomic E-state index is 13.1. The molecule has 5 aromatic rings. The molecule has 2 heterocycles. The number of hydrogen-bond acceptors (Lipinski definition) is 5. The van der Waals surface area contributed by atoms with Crippen LogP contribution in [0.3, 0.4) is 0 Å². The Kier molecular flexibility index (Phi) is 5.40. The van der Waals surface area contributed by atoms with E-state index in [1.165, 1.54) is 6.33 Å². The Morgan fingerprint density at radius 1 is 1.00 bits per heavy atom. The van der Waals surface area contributed by atoms with E-state index in [1.54, 1.807) is 15.9 Å². The number of carbonyl (C=O) groups excluding carboxylic acids is 1. The van der Waals surface area contributed by atoms with E-state index in [0.29, 0.717) is 12.1 Å². The summed E-state index contributed by atoms with van der Waals surface area (Å²) in [5.74, 6) is -0.0272. The Labute approximate surface area is 191 Å². The first-order valence-corrected chi connectivity index (χ1v) is 10.7. The Morgan fingerprint density at radius 2 is 1.76 bits per heavy atom. The summed E-state index contributed by atoms with van der Waals surface area (Å²) in [7, 11) is 1.83. The van der Waals surface area contributed by atoms with E-state index in [9.17, 15) is 4.79 Å². The maximum absolute atomic E-state index is 13.1. The average molecular weight is 438 g/mol. The highest BCUT2D eigenvalue weighted by atomic mass is 16.2. The van der Waals surface area contributed by atoms with Gasteiger partial charge in [-0.15, -0.1) is 5.10 Å². The molecule has 0 bridgehead atoms. The fraction of sp³-hybridized carbons (Fsp3) is 0.160. The minimum atomic E-state index is -0.0801. The number of nitrogens with zero attached hydrogens (tertiary/aromatic N) is 7. The summed E-state index contributed by atoms with van der Waals surface area (Å²) < 4.78 is 3.57. The van der Waals surface area contributed by atoms with Crippen molar-refractivity contribution in [2.24, 2.45) is 0 Å². The molecule has 1 amide bonds. The summed E-state index contributed by atoms with van der Waals surface area (Å²) in [6.45, 7) is 2.62. The molecule has 0 aliphatic carbocycles. The maximum Gasteiger partial charge on any atom is 0.254 e. The van der Waals surface area contributed by atoms with Crippen molar-refractivity contribution in [3.63, 3.8) is 0 Å². The van der Waals surface area contributed by atoms with Gasteiger partial charge in [0.2, 0.25) is 0 Å². The van der Waals surface area contributed by atoms with Crippen LogP contribution in [0.15, 0.2) is 85.5 Å². The van der Waals surface area contributed by atoms with Crippen LogP contribution in [0.5, 0.6) is 0 Å². The Bertz CT molecular complexity index is 1370. The number of aromatic nitrogens is 6. The van der Waals surface area contributed by atoms with Crippen LogP contribution in [0.25, 0.3) is 16.7 Å². The van der Waals surface area contributed by atoms with E-state index in [1.807, 2.05) is 91.4 Å². The third-order valence-electron chi connectivity index (χ3n) is 5.91. The molecule has 0 N–H and O–H groups in total. The number of para-hydroxylation sites is 1. The van der Waals surface area contributed by atoms with Crippen molar-refractivity contribution >= 4 is 16.9 Å². The Morgan fingerprint density at radius 3 is 2.48 bits per heavy atom. The van der Waals surface area contributed by atoms with Gasteiger partial charge in [-0.3, -0.25) is 4.79 Å². The number of amides is 1. The van der Waals surface area contributed by atoms with Gasteiger partial charge >= 0.3 is 0 Å². The molecule has 33 heavy (non-hydrogen) atoms. The fourth-order valence-corrected chi connectivity index (χ4v) is 3.81. The first-order chi connectivity index (χ1) is 16.1. The van der Waals surface area contributed by atoms with Crippen molar-refractivity contribution in [1.82, 2.24) is 34.7 Å². The summed E-state index contributed by atoms with van der Waals surface area (Å²) in [6, 6.07) is 23.4. The van der Waals surface area contributed by atoms with Crippen molar-refractivity contribution in [3.8, 4) is 5.69 Å². The van der Waals surface area contributed by atoms with Crippen LogP contribution in [0, 0.1) is 0 Å². The van der Waals surface area contributed by atoms with Gasteiger partial charge in [0.25, 0.3) is 5.91 Å². The molecule has 3 aromatic carbocycles. The van der Waals surface area contributed by atoms with Gasteiger partial charge < -0.3 is 4.90 Å². The number of rotatable bonds is 6. The second-order valence-electron chi connectivity index (χ2n) is 7.96. The van der Waals surface area contributed by atoms with Crippen molar-refractivity contribution in [1.29, 1.82) is 0 Å². The van der Waals surface area contributed by atoms with Crippen LogP contribution in [0.2, 0.25) is 0 Å². The van der Waals surface area contributed by atoms with E-state index >= 15 is 0 Å². The van der Waals surface area contributed by atoms with Crippen LogP contribution in [0.1, 0.15) is 34.5 Å². The molecule has 0 fully saturated rings. The van der Waals surface area contributed by atoms with Crippen molar-refractivity contribution < 1.29 is 4.79 Å². The minimum Gasteiger partial charge on any atom is -0.335 e. The van der Waals surface area contributed by atoms with Crippen LogP contribution in [-0.2, 0) is 6.54 Å². The molecule has 1 unspecified atom stereocenters. The minimum absolute atomic E-state index is 0.0272. The summed E-state index contributed by atoms with van der Waals surface area (Å²) in [5, 5.41) is 12.6. The van der Waals surface area contributed by atoms with Gasteiger partial charge in [-0.2, -0.15) is 5.10 Å². The second kappa shape index (κ2) is 8.66. The van der Waals surface area contributed by atoms with E-state index in [-0.39, 0.29) is 11.9 Å². The average Bonchev–Trinajstić information content (AvgIpc) is 3.54. The van der Waals surface area contributed by atoms with Gasteiger partial charge in [0.05, 0.1) is 23.8 Å². The van der Waals surface area contributed by atoms with Gasteiger partial charge in [-0.05, 0) is 54.4 Å². The molecule has 0 saturated heterocycles. The normalized spacial score (nSPS) is 12.1. The van der Waals surface area contributed by atoms with Gasteiger partial charge in [0, 0.05) is 12.6 Å². The molecule has 8 heteroatoms. The molecular weight excluding hydrogens is 414 g/mol. The first-order valence-electron chi connectivity index (χ1n) is 10.7. The molecule has 0 saturated carbocycles. The molecule has 0 radical (unpaired) electrons. The molecule has 8 nitrogen and oxygen atoms in total. The van der Waals surface area contributed by atoms with E-state index in [2.05, 4.69) is 20.4 Å². The number of fused-ring (bicyclic) bond motifs is 1. The van der Waals surface area contributed by atoms with Crippen molar-refractivity contribution in [3.05, 3.63) is 102 Å². The lowest BCUT2D eigenvalue weighted by molar-refractivity contribution is 0.0742. The highest BCUT2D eigenvalue weighted by Gasteiger charge is 2.19. The molecular formula is C25H23N7O. The van der Waals surface area contributed by atoms with Gasteiger partial charge in [-0.1, -0.05) is 41.6 Å². The lowest BCUT2D eigenvalue weighted by atomic mass is 10.0. The topological polar surface area (TPSA) is 81.7 Å². The lowest BCUT2D eigenvalue weighted by Crippen LogP contribution is -2.29. The van der Waals surface area contributed by atoms with Crippen LogP contribution in [0.4, 0.5) is 0 Å². The Hall–Kier alpha value is -4.33. The summed E-state index contributed by atoms with van der Waals surface area (Å²) >= 11 is 0. The molecule has 0 aliphatic rings. The van der Waals surface area contributed by atoms with Crippen molar-refractivity contribution in [2.45, 2.75) is 19.5 Å². The summed E-state index contributed by atoms with van der Waals surface area (Å²) in [5.41, 5.74) is 5.53. The SMILES string of the molecule is CC(c1ccc(-n2cncn2)cc1)N(C)C(=O)c1ccc(Cn2nnc3ccccc32)cc1. The quantitative estimate of drug-likeness (QED) is 0.403. The molecule has 164 valence electrons. The predicted molar refractivity (Wildman–Crippen MR) is 125 cm³/mol. The standard InChI is InChI=1S/C25H23N7O/c1-18(20-11-13-22(14-12-20)32-17-26-16-27-32)30(2)25(33)21-9-7-19(8-10-21)15-31-24-6-4-3-5-23(24)28-29-31/h3-14,16-18H,15H2,1-2H3. The fourth-order valence-electron chi connectivity index (χ4n) is 3.81. The second-order valence-corrected chi connectivity index (χ2v) is 7.96. The number of benzene rings is 3. The van der Waals surface area contributed by atoms with Crippen molar-refractivity contribution in [2.75, 3.05) is 7.05 Å². The molecule has 1 atom stereocenters. The van der Waals surface area contributed by atoms with Gasteiger partial charge in [0.1, 0.15) is 18.2 Å². The van der Waals surface area contributed by atoms with E-state index in [4.69, 9.17) is 0 Å². The summed E-state index contributed by atoms with van der Waals surface area (Å²) in [4.78, 5) is 18.8. The smallest absolute Gasteiger partial charge is 0.254 e. The predicted octanol–water partition coefficient (Wildman–Crippen LogP) is 3.89. The highest BCUT2D eigenvalue weighted by molar-refractivity contribution is 5.94. The third kappa shape index (κ3) is 4.10. The van der Waals surface area contributed by atoms with Crippen LogP contribution in [-0.4, -0.2) is 47.6 Å². The summed E-state index contributed by atoms with van der Waals surface area (Å²) in [6.07, 6.45) is 3.16. The third-order valence-corrected chi connectivity index (χ3v) is 5.91. The van der Waals surface area contributed by atoms with Gasteiger partial charge in [-0.25, -0.2) is 14.3 Å². The first kappa shape index (κ1) is 20.6. The van der Waals surface area contributed by atoms with E-state index in [0.717, 1.165) is 27.8 Å². The van der Waals surface area contributed by atoms with E-state index < -0.39 is 0 Å². The number of hydrogen-bond donors (Lipinski definition) is 0. The zero-order chi connectivity index (χ0) is 22.8. The molecule has 5 rings (SSSR count). The largest absolute Gasteiger partial charge is 0.335 e. The molecule has 2 aromatic heterocycles. The lowest BCUT2D eigenvalue weighted by Gasteiger charge is -2.25. The number of carbonyl (C=O) groups is 1. The monoisotopic (exact) mass is 437 g/mol. The molecule has 0 spiro atoms. The Balaban J connectivity index is 1.27. The highest BCUT2D eigenvalue weighted by Crippen LogP contribution is 2.22. The zero-order valence-corrected chi connectivity index (χ0v) is 18.4. The zero-order valence-electron chi connectivity index (χ0n) is 18.4. The molecule has 0 aliphatic heterocycles.